The summed E-state index contributed by atoms with van der Waals surface area (Å²) in [4.78, 5) is 0. The maximum Gasteiger partial charge on any atom is 0.158 e. The second kappa shape index (κ2) is 40.8. The van der Waals surface area contributed by atoms with Crippen molar-refractivity contribution in [3.63, 3.8) is 0 Å². The van der Waals surface area contributed by atoms with E-state index in [4.69, 9.17) is 57.8 Å². The molecule has 0 saturated heterocycles. The van der Waals surface area contributed by atoms with Crippen molar-refractivity contribution in [3.05, 3.63) is 403 Å². The van der Waals surface area contributed by atoms with Crippen LogP contribution in [-0.4, -0.2) is 127 Å². The van der Waals surface area contributed by atoms with E-state index in [0.29, 0.717) is 60.5 Å². The van der Waals surface area contributed by atoms with Gasteiger partial charge in [0.1, 0.15) is 131 Å². The van der Waals surface area contributed by atoms with Gasteiger partial charge in [0.05, 0.1) is 42.7 Å². The molecule has 5 heterocycles. The summed E-state index contributed by atoms with van der Waals surface area (Å²) in [5, 5.41) is 98.9. The van der Waals surface area contributed by atoms with Crippen LogP contribution in [0.2, 0.25) is 0 Å². The van der Waals surface area contributed by atoms with Crippen LogP contribution < -0.4 is 57.8 Å². The number of ether oxygens (including phenoxy) is 11. The van der Waals surface area contributed by atoms with Crippen molar-refractivity contribution in [1.29, 1.82) is 0 Å². The van der Waals surface area contributed by atoms with Crippen LogP contribution in [0, 0.1) is 27.7 Å². The predicted molar refractivity (Wildman–Crippen MR) is 533 cm³/mol. The van der Waals surface area contributed by atoms with Gasteiger partial charge in [-0.2, -0.15) is 0 Å². The number of phenols is 10. The number of nitrogens with two attached hydrogens (primary N) is 1. The van der Waals surface area contributed by atoms with E-state index in [1.807, 2.05) is 228 Å². The van der Waals surface area contributed by atoms with E-state index < -0.39 is 0 Å². The normalized spacial score (nSPS) is 13.1. The average Bonchev–Trinajstić information content (AvgIpc) is 0.768. The van der Waals surface area contributed by atoms with Crippen LogP contribution >= 0.6 is 0 Å². The van der Waals surface area contributed by atoms with Gasteiger partial charge in [0.15, 0.2) is 23.0 Å². The minimum absolute atomic E-state index is 0.155. The molecule has 15 aromatic rings. The van der Waals surface area contributed by atoms with Gasteiger partial charge in [-0.1, -0.05) is 109 Å². The molecule has 0 fully saturated rings. The van der Waals surface area contributed by atoms with Gasteiger partial charge in [0, 0.05) is 89.7 Å². The number of anilines is 1. The zero-order valence-corrected chi connectivity index (χ0v) is 76.9. The molecule has 5 aliphatic heterocycles. The summed E-state index contributed by atoms with van der Waals surface area (Å²) < 4.78 is 62.1. The van der Waals surface area contributed by atoms with Crippen molar-refractivity contribution in [2.45, 2.75) is 27.7 Å². The molecule has 5 aliphatic rings. The molecule has 0 spiro atoms. The summed E-state index contributed by atoms with van der Waals surface area (Å²) in [6.45, 7) is 9.22. The maximum absolute atomic E-state index is 10.1. The Balaban J connectivity index is 0.000000124. The second-order valence-electron chi connectivity index (χ2n) is 32.7. The van der Waals surface area contributed by atoms with Gasteiger partial charge in [-0.3, -0.25) is 0 Å². The zero-order valence-electron chi connectivity index (χ0n) is 76.9. The molecule has 0 bridgehead atoms. The van der Waals surface area contributed by atoms with E-state index in [1.54, 1.807) is 115 Å². The first-order chi connectivity index (χ1) is 66.3. The SMILES string of the molecule is COc1ccc(C2=C(c3ccc(O)c(O)c3)COc3c2ccc(O)c3C)cc1.COc1ccc(C2=C(c3ccc(O)c(O)c3)COc3c2ccc(OC)c3C)cc1.COc1ccc(C2=C(c3cccc(O)c3)COc3c2ccc(O)c3C)cc1.COc1ccc(C2=C(c3cccc(OC)c3)COc3c2ccc(O)c3C)cc1.Nc1cccc(C2=C(c3ccc(O)cc3)COc3cc(O)ccc32)c1. The van der Waals surface area contributed by atoms with Crippen molar-refractivity contribution in [2.75, 3.05) is 81.4 Å². The highest BCUT2D eigenvalue weighted by Gasteiger charge is 2.33. The lowest BCUT2D eigenvalue weighted by atomic mass is 9.86. The molecule has 692 valence electrons. The lowest BCUT2D eigenvalue weighted by Crippen LogP contribution is -2.13. The fourth-order valence-electron chi connectivity index (χ4n) is 17.3. The molecule has 15 aromatic carbocycles. The van der Waals surface area contributed by atoms with Gasteiger partial charge in [0.2, 0.25) is 0 Å². The Morgan fingerprint density at radius 3 is 0.912 bits per heavy atom. The fraction of sp³-hybridized carbons (Fsp3) is 0.130. The van der Waals surface area contributed by atoms with E-state index in [2.05, 4.69) is 6.07 Å². The standard InChI is InChI=1S/C24H22O5.C24H22O4.C23H20O5.C23H20O4.C21H17NO3/c1-14-22(28-3)11-9-18-23(15-4-7-17(27-2)8-5-15)19(13-29-24(14)18)16-6-10-20(25)21(26)12-16;1-15-22(25)12-11-20-23(16-7-9-18(26-2)10-8-16)21(14-28-24(15)20)17-5-4-6-19(13-17)27-3;1-13-19(24)10-8-17-22(14-3-6-16(27-2)7-4-14)18(12-28-23(13)17)15-5-9-20(25)21(26)11-15;1-14-21(25)11-10-19-22(15-6-8-18(26-2)9-7-15)20(13-27-23(14)19)16-4-3-5-17(24)12-16;22-15-3-1-2-14(10-15)21-18-9-8-17(24)11-20(18)25-12-19(21)13-4-6-16(23)7-5-13/h4-12,25-26H,13H2,1-3H3;4-13,25H,14H2,1-3H3;3-11,24-26H,12H2,1-2H3;3-12,24-25H,13H2,1-2H3;1-11,23-24H,12,22H2. The van der Waals surface area contributed by atoms with Crippen LogP contribution in [0.1, 0.15) is 106 Å². The van der Waals surface area contributed by atoms with Gasteiger partial charge < -0.3 is 109 Å². The summed E-state index contributed by atoms with van der Waals surface area (Å²) in [5.41, 5.74) is 33.7. The first-order valence-corrected chi connectivity index (χ1v) is 43.9. The molecule has 0 unspecified atom stereocenters. The number of phenolic OH excluding ortho intramolecular Hbond substituents is 10. The first kappa shape index (κ1) is 92.9. The van der Waals surface area contributed by atoms with Crippen molar-refractivity contribution in [3.8, 4) is 121 Å². The van der Waals surface area contributed by atoms with E-state index >= 15 is 0 Å². The van der Waals surface area contributed by atoms with Crippen LogP contribution in [0.25, 0.3) is 55.7 Å². The molecule has 20 rings (SSSR count). The number of nitrogen functional groups attached to an aromatic ring is 1. The number of aromatic hydroxyl groups is 10. The molecular weight excluding hydrogens is 1730 g/mol. The fourth-order valence-corrected chi connectivity index (χ4v) is 17.3. The highest BCUT2D eigenvalue weighted by Crippen LogP contribution is 2.52. The summed E-state index contributed by atoms with van der Waals surface area (Å²) in [5.74, 6) is 8.68. The quantitative estimate of drug-likeness (QED) is 0.0316. The minimum atomic E-state index is -0.188. The number of hydrogen-bond donors (Lipinski definition) is 11. The second-order valence-corrected chi connectivity index (χ2v) is 32.7. The Bertz CT molecular complexity index is 7230. The molecule has 0 saturated carbocycles. The summed E-state index contributed by atoms with van der Waals surface area (Å²) in [7, 11) is 9.86. The van der Waals surface area contributed by atoms with Gasteiger partial charge in [-0.15, -0.1) is 0 Å². The lowest BCUT2D eigenvalue weighted by Gasteiger charge is -2.27. The summed E-state index contributed by atoms with van der Waals surface area (Å²) in [6, 6.07) is 90.5. The molecule has 12 N–H and O–H groups in total. The number of methoxy groups -OCH3 is 6. The maximum atomic E-state index is 10.1. The monoisotopic (exact) mass is 1830 g/mol. The van der Waals surface area contributed by atoms with Crippen LogP contribution in [0.4, 0.5) is 5.69 Å². The number of benzene rings is 15. The highest BCUT2D eigenvalue weighted by atomic mass is 16.5. The van der Waals surface area contributed by atoms with Gasteiger partial charge in [-0.05, 0) is 293 Å². The lowest BCUT2D eigenvalue weighted by molar-refractivity contribution is 0.354. The molecule has 0 aromatic heterocycles. The summed E-state index contributed by atoms with van der Waals surface area (Å²) >= 11 is 0. The smallest absolute Gasteiger partial charge is 0.158 e. The van der Waals surface area contributed by atoms with E-state index in [0.717, 1.165) is 196 Å². The van der Waals surface area contributed by atoms with Crippen molar-refractivity contribution in [1.82, 2.24) is 0 Å². The Kier molecular flexibility index (Phi) is 27.6. The predicted octanol–water partition coefficient (Wildman–Crippen LogP) is 23.1. The van der Waals surface area contributed by atoms with Gasteiger partial charge in [-0.25, -0.2) is 0 Å². The number of hydrogen-bond acceptors (Lipinski definition) is 22. The van der Waals surface area contributed by atoms with Crippen molar-refractivity contribution in [2.24, 2.45) is 0 Å². The highest BCUT2D eigenvalue weighted by molar-refractivity contribution is 6.07. The van der Waals surface area contributed by atoms with Crippen LogP contribution in [0.5, 0.6) is 121 Å². The topological polar surface area (TPSA) is 330 Å². The van der Waals surface area contributed by atoms with Crippen molar-refractivity contribution >= 4 is 61.4 Å². The van der Waals surface area contributed by atoms with Crippen LogP contribution in [0.15, 0.2) is 297 Å². The number of fused-ring (bicyclic) bond motifs is 5. The Morgan fingerprint density at radius 2 is 0.526 bits per heavy atom. The van der Waals surface area contributed by atoms with E-state index in [-0.39, 0.29) is 64.1 Å². The largest absolute Gasteiger partial charge is 0.508 e. The molecule has 137 heavy (non-hydrogen) atoms. The Labute approximate surface area is 792 Å². The zero-order chi connectivity index (χ0) is 96.4. The van der Waals surface area contributed by atoms with Gasteiger partial charge in [0.25, 0.3) is 0 Å². The van der Waals surface area contributed by atoms with Crippen LogP contribution in [-0.2, 0) is 0 Å². The van der Waals surface area contributed by atoms with Gasteiger partial charge >= 0.3 is 0 Å². The Hall–Kier alpha value is -17.4. The first-order valence-electron chi connectivity index (χ1n) is 43.9. The number of rotatable bonds is 16. The molecular formula is C115H101NO21. The third-order valence-electron chi connectivity index (χ3n) is 24.5. The molecule has 0 radical (unpaired) electrons. The minimum Gasteiger partial charge on any atom is -0.508 e. The molecule has 0 atom stereocenters. The third kappa shape index (κ3) is 19.6. The van der Waals surface area contributed by atoms with Crippen LogP contribution in [0.3, 0.4) is 0 Å². The van der Waals surface area contributed by atoms with E-state index in [1.165, 1.54) is 18.2 Å². The molecule has 0 aliphatic carbocycles. The average molecular weight is 1830 g/mol. The molecule has 22 nitrogen and oxygen atoms in total. The molecule has 22 heteroatoms. The van der Waals surface area contributed by atoms with Crippen molar-refractivity contribution < 1.29 is 103 Å². The van der Waals surface area contributed by atoms with E-state index in [9.17, 15) is 51.1 Å². The summed E-state index contributed by atoms with van der Waals surface area (Å²) in [6.07, 6.45) is 0. The Morgan fingerprint density at radius 1 is 0.219 bits per heavy atom. The molecule has 0 amide bonds. The third-order valence-corrected chi connectivity index (χ3v) is 24.5.